The van der Waals surface area contributed by atoms with E-state index in [1.54, 1.807) is 29.2 Å². The van der Waals surface area contributed by atoms with Crippen LogP contribution >= 0.6 is 0 Å². The first-order valence-electron chi connectivity index (χ1n) is 11.0. The van der Waals surface area contributed by atoms with Crippen molar-refractivity contribution in [2.45, 2.75) is 44.4 Å². The van der Waals surface area contributed by atoms with Gasteiger partial charge in [0.15, 0.2) is 0 Å². The third-order valence-corrected chi connectivity index (χ3v) is 6.68. The van der Waals surface area contributed by atoms with Crippen molar-refractivity contribution < 1.29 is 36.8 Å². The summed E-state index contributed by atoms with van der Waals surface area (Å²) in [6.45, 7) is 5.95. The van der Waals surface area contributed by atoms with Crippen LogP contribution in [0.2, 0.25) is 0 Å². The van der Waals surface area contributed by atoms with E-state index < -0.39 is 23.3 Å². The number of carbonyl (C=O) groups is 2. The number of aliphatic carboxylic acids is 1. The molecule has 0 radical (unpaired) electrons. The molecule has 3 rings (SSSR count). The molecule has 11 heteroatoms. The zero-order valence-corrected chi connectivity index (χ0v) is 20.4. The summed E-state index contributed by atoms with van der Waals surface area (Å²) in [5.74, 6) is -0.940. The number of carbonyl (C=O) groups excluding carboxylic acids is 1. The van der Waals surface area contributed by atoms with Gasteiger partial charge in [-0.05, 0) is 48.8 Å². The lowest BCUT2D eigenvalue weighted by atomic mass is 10.1. The Morgan fingerprint density at radius 3 is 2.43 bits per heavy atom. The molecule has 1 heterocycles. The lowest BCUT2D eigenvalue weighted by Gasteiger charge is -2.33. The van der Waals surface area contributed by atoms with Crippen LogP contribution in [0.1, 0.15) is 30.9 Å². The molecule has 1 atom stereocenters. The number of benzene rings is 1. The number of ether oxygens (including phenoxy) is 1. The van der Waals surface area contributed by atoms with Crippen LogP contribution in [-0.4, -0.2) is 62.9 Å². The van der Waals surface area contributed by atoms with Crippen molar-refractivity contribution in [2.75, 3.05) is 26.2 Å². The highest BCUT2D eigenvalue weighted by molar-refractivity contribution is 7.82. The van der Waals surface area contributed by atoms with E-state index in [1.165, 1.54) is 18.2 Å². The number of piperazine rings is 1. The molecular weight excluding hydrogens is 485 g/mol. The minimum absolute atomic E-state index is 0.0738. The maximum atomic E-state index is 12.7. The summed E-state index contributed by atoms with van der Waals surface area (Å²) in [6.07, 6.45) is 3.83. The number of amides is 1. The molecule has 35 heavy (non-hydrogen) atoms. The van der Waals surface area contributed by atoms with E-state index in [4.69, 9.17) is 5.11 Å². The van der Waals surface area contributed by atoms with Crippen molar-refractivity contribution in [3.05, 3.63) is 65.5 Å². The molecule has 1 fully saturated rings. The molecule has 0 bridgehead atoms. The molecule has 1 aliphatic heterocycles. The number of aryl methyl sites for hydroxylation is 1. The first kappa shape index (κ1) is 28.3. The molecule has 1 unspecified atom stereocenters. The third-order valence-electron chi connectivity index (χ3n) is 5.19. The maximum absolute atomic E-state index is 12.7. The molecule has 0 saturated carbocycles. The zero-order valence-electron chi connectivity index (χ0n) is 19.6. The Hall–Kier alpha value is -2.92. The topological polar surface area (TPSA) is 87.2 Å². The number of hydrogen-bond acceptors (Lipinski definition) is 4. The Morgan fingerprint density at radius 2 is 1.83 bits per heavy atom. The molecule has 192 valence electrons. The van der Waals surface area contributed by atoms with Crippen LogP contribution < -0.4 is 0 Å². The van der Waals surface area contributed by atoms with Crippen LogP contribution in [0, 0.1) is 6.92 Å². The van der Waals surface area contributed by atoms with E-state index in [2.05, 4.69) is 4.74 Å². The third kappa shape index (κ3) is 9.69. The first-order chi connectivity index (χ1) is 16.5. The van der Waals surface area contributed by atoms with Gasteiger partial charge in [0.2, 0.25) is 5.91 Å². The summed E-state index contributed by atoms with van der Waals surface area (Å²) < 4.78 is 53.2. The number of rotatable bonds is 6. The molecule has 1 N–H and O–H groups in total. The summed E-state index contributed by atoms with van der Waals surface area (Å²) in [4.78, 5) is 25.0. The van der Waals surface area contributed by atoms with Crippen LogP contribution in [0.25, 0.3) is 0 Å². The van der Waals surface area contributed by atoms with E-state index in [0.29, 0.717) is 49.5 Å². The number of hydrogen-bond donors (Lipinski definition) is 1. The monoisotopic (exact) mass is 514 g/mol. The zero-order chi connectivity index (χ0) is 26.0. The lowest BCUT2D eigenvalue weighted by Crippen LogP contribution is -2.48. The van der Waals surface area contributed by atoms with Crippen LogP contribution in [0.15, 0.2) is 59.2 Å². The van der Waals surface area contributed by atoms with Crippen LogP contribution in [-0.2, 0) is 31.7 Å². The number of allylic oxidation sites excluding steroid dienone is 5. The standard InChI is InChI=1S/C16H22N2O4S.C8H7F3O/c1-3-15(19)17-6-8-18(9-7-17)23(22)14-5-4-12(2)13(10-14)11-16(20)21;9-8(10,11)12-7-5-3-1-2-4-6-7/h4-5,10H,3,6-9,11H2,1-2H3,(H,20,21);1-3,5-6H,4H2. The summed E-state index contributed by atoms with van der Waals surface area (Å²) in [6, 6.07) is 5.30. The molecule has 0 spiro atoms. The molecule has 1 aromatic carbocycles. The van der Waals surface area contributed by atoms with E-state index >= 15 is 0 Å². The van der Waals surface area contributed by atoms with Crippen LogP contribution in [0.3, 0.4) is 0 Å². The molecular formula is C24H29F3N2O5S. The van der Waals surface area contributed by atoms with E-state index in [0.717, 1.165) is 5.56 Å². The number of nitrogens with zero attached hydrogens (tertiary/aromatic N) is 2. The molecule has 0 aromatic heterocycles. The highest BCUT2D eigenvalue weighted by Gasteiger charge is 2.31. The Kier molecular flexibility index (Phi) is 10.7. The van der Waals surface area contributed by atoms with Crippen LogP contribution in [0.5, 0.6) is 0 Å². The van der Waals surface area contributed by atoms with E-state index in [9.17, 15) is 27.0 Å². The van der Waals surface area contributed by atoms with Gasteiger partial charge in [-0.25, -0.2) is 8.51 Å². The largest absolute Gasteiger partial charge is 0.573 e. The second-order valence-corrected chi connectivity index (χ2v) is 9.23. The van der Waals surface area contributed by atoms with E-state index in [-0.39, 0.29) is 18.1 Å². The molecule has 1 aromatic rings. The smallest absolute Gasteiger partial charge is 0.481 e. The fourth-order valence-electron chi connectivity index (χ4n) is 3.35. The van der Waals surface area contributed by atoms with Crippen molar-refractivity contribution in [1.29, 1.82) is 0 Å². The van der Waals surface area contributed by atoms with Crippen molar-refractivity contribution in [3.8, 4) is 0 Å². The molecule has 7 nitrogen and oxygen atoms in total. The summed E-state index contributed by atoms with van der Waals surface area (Å²) in [5, 5.41) is 8.95. The van der Waals surface area contributed by atoms with Crippen molar-refractivity contribution in [2.24, 2.45) is 0 Å². The average Bonchev–Trinajstić information content (AvgIpc) is 3.07. The van der Waals surface area contributed by atoms with Crippen LogP contribution in [0.4, 0.5) is 13.2 Å². The quantitative estimate of drug-likeness (QED) is 0.617. The molecule has 2 aliphatic rings. The van der Waals surface area contributed by atoms with Gasteiger partial charge in [0.05, 0.1) is 11.3 Å². The minimum Gasteiger partial charge on any atom is -0.481 e. The fraction of sp³-hybridized carbons (Fsp3) is 0.417. The van der Waals surface area contributed by atoms with Gasteiger partial charge in [-0.15, -0.1) is 13.2 Å². The first-order valence-corrected chi connectivity index (χ1v) is 12.2. The summed E-state index contributed by atoms with van der Waals surface area (Å²) in [7, 11) is -1.33. The predicted molar refractivity (Wildman–Crippen MR) is 125 cm³/mol. The highest BCUT2D eigenvalue weighted by atomic mass is 32.2. The van der Waals surface area contributed by atoms with Gasteiger partial charge in [0, 0.05) is 32.6 Å². The minimum atomic E-state index is -4.60. The highest BCUT2D eigenvalue weighted by Crippen LogP contribution is 2.22. The molecule has 1 saturated heterocycles. The van der Waals surface area contributed by atoms with E-state index in [1.807, 2.05) is 24.2 Å². The van der Waals surface area contributed by atoms with Crippen molar-refractivity contribution in [1.82, 2.24) is 9.21 Å². The van der Waals surface area contributed by atoms with Gasteiger partial charge >= 0.3 is 12.3 Å². The predicted octanol–water partition coefficient (Wildman–Crippen LogP) is 4.12. The SMILES string of the molecule is CCC(=O)N1CCN(S(=O)c2ccc(C)c(CC(=O)O)c2)CC1.FC(F)(F)OC1=CCC=CC=C1. The molecule has 1 amide bonds. The van der Waals surface area contributed by atoms with Crippen molar-refractivity contribution in [3.63, 3.8) is 0 Å². The van der Waals surface area contributed by atoms with Crippen molar-refractivity contribution >= 4 is 22.9 Å². The Morgan fingerprint density at radius 1 is 1.14 bits per heavy atom. The normalized spacial score (nSPS) is 17.1. The Balaban J connectivity index is 0.000000303. The maximum Gasteiger partial charge on any atom is 0.573 e. The molecule has 1 aliphatic carbocycles. The number of carboxylic acid groups (broad SMARTS) is 1. The second kappa shape index (κ2) is 13.2. The van der Waals surface area contributed by atoms with Gasteiger partial charge in [-0.2, -0.15) is 0 Å². The second-order valence-electron chi connectivity index (χ2n) is 7.75. The summed E-state index contributed by atoms with van der Waals surface area (Å²) in [5.41, 5.74) is 1.56. The Labute approximate surface area is 205 Å². The number of halogens is 3. The average molecular weight is 515 g/mol. The van der Waals surface area contributed by atoms with Gasteiger partial charge < -0.3 is 14.7 Å². The summed E-state index contributed by atoms with van der Waals surface area (Å²) >= 11 is 0. The Bertz CT molecular complexity index is 1010. The number of carboxylic acids is 1. The van der Waals surface area contributed by atoms with Gasteiger partial charge in [-0.1, -0.05) is 31.2 Å². The van der Waals surface area contributed by atoms with Gasteiger partial charge in [-0.3, -0.25) is 9.59 Å². The van der Waals surface area contributed by atoms with Gasteiger partial charge in [0.1, 0.15) is 16.7 Å². The fourth-order valence-corrected chi connectivity index (χ4v) is 4.58. The number of alkyl halides is 3. The van der Waals surface area contributed by atoms with Gasteiger partial charge in [0.25, 0.3) is 0 Å². The lowest BCUT2D eigenvalue weighted by molar-refractivity contribution is -0.303.